The maximum absolute atomic E-state index is 13.2. The third-order valence-electron chi connectivity index (χ3n) is 6.25. The molecule has 3 aromatic heterocycles. The van der Waals surface area contributed by atoms with Crippen LogP contribution in [0.2, 0.25) is 0 Å². The molecule has 29 heavy (non-hydrogen) atoms. The number of rotatable bonds is 3. The number of aromatic nitrogens is 5. The minimum absolute atomic E-state index is 0.0142. The van der Waals surface area contributed by atoms with Crippen LogP contribution in [0.15, 0.2) is 41.7 Å². The monoisotopic (exact) mass is 392 g/mol. The van der Waals surface area contributed by atoms with Crippen LogP contribution in [-0.2, 0) is 24.9 Å². The van der Waals surface area contributed by atoms with Crippen molar-refractivity contribution in [3.8, 4) is 11.4 Å². The zero-order valence-corrected chi connectivity index (χ0v) is 16.7. The quantitative estimate of drug-likeness (QED) is 0.675. The molecule has 1 saturated heterocycles. The standard InChI is InChI=1S/C21H24N6O2/c1-14-22-6-8-25(14)13-19(28)26-10-15-9-16(12-26)18-4-3-17(21(29)27(18)11-15)20-23-5-7-24(20)2/h3-8,15-16H,9-13H2,1-2H3/t15-,16+/m0/s1. The van der Waals surface area contributed by atoms with Crippen molar-refractivity contribution in [2.45, 2.75) is 32.4 Å². The van der Waals surface area contributed by atoms with Gasteiger partial charge in [-0.05, 0) is 31.4 Å². The number of aryl methyl sites for hydroxylation is 2. The summed E-state index contributed by atoms with van der Waals surface area (Å²) in [5.41, 5.74) is 1.67. The van der Waals surface area contributed by atoms with Gasteiger partial charge in [0.05, 0.1) is 5.56 Å². The lowest BCUT2D eigenvalue weighted by Gasteiger charge is -2.43. The van der Waals surface area contributed by atoms with E-state index in [0.29, 0.717) is 43.5 Å². The number of nitrogens with zero attached hydrogens (tertiary/aromatic N) is 6. The molecule has 0 aromatic carbocycles. The van der Waals surface area contributed by atoms with Crippen molar-refractivity contribution in [1.82, 2.24) is 28.6 Å². The Labute approximate surface area is 168 Å². The fraction of sp³-hybridized carbons (Fsp3) is 0.429. The summed E-state index contributed by atoms with van der Waals surface area (Å²) in [6, 6.07) is 3.92. The second-order valence-corrected chi connectivity index (χ2v) is 8.15. The fourth-order valence-electron chi connectivity index (χ4n) is 4.76. The highest BCUT2D eigenvalue weighted by Gasteiger charge is 2.36. The van der Waals surface area contributed by atoms with Gasteiger partial charge in [0.1, 0.15) is 18.2 Å². The van der Waals surface area contributed by atoms with Gasteiger partial charge in [0.2, 0.25) is 5.91 Å². The Balaban J connectivity index is 1.42. The van der Waals surface area contributed by atoms with Crippen LogP contribution in [-0.4, -0.2) is 47.6 Å². The molecule has 0 saturated carbocycles. The van der Waals surface area contributed by atoms with Crippen LogP contribution < -0.4 is 5.56 Å². The molecule has 2 atom stereocenters. The molecule has 3 aromatic rings. The van der Waals surface area contributed by atoms with Crippen molar-refractivity contribution in [2.75, 3.05) is 13.1 Å². The lowest BCUT2D eigenvalue weighted by atomic mass is 9.83. The average molecular weight is 392 g/mol. The molecule has 5 rings (SSSR count). The molecule has 0 spiro atoms. The lowest BCUT2D eigenvalue weighted by Crippen LogP contribution is -2.50. The zero-order valence-electron chi connectivity index (χ0n) is 16.7. The molecule has 2 bridgehead atoms. The number of amides is 1. The summed E-state index contributed by atoms with van der Waals surface area (Å²) in [6.07, 6.45) is 8.13. The SMILES string of the molecule is Cc1nccn1CC(=O)N1C[C@@H]2C[C@H](C1)c1ccc(-c3nccn3C)c(=O)n1C2. The average Bonchev–Trinajstić information content (AvgIpc) is 3.31. The van der Waals surface area contributed by atoms with E-state index >= 15 is 0 Å². The van der Waals surface area contributed by atoms with E-state index in [2.05, 4.69) is 9.97 Å². The van der Waals surface area contributed by atoms with Crippen LogP contribution in [0.1, 0.15) is 23.9 Å². The predicted molar refractivity (Wildman–Crippen MR) is 107 cm³/mol. The van der Waals surface area contributed by atoms with Gasteiger partial charge >= 0.3 is 0 Å². The number of hydrogen-bond acceptors (Lipinski definition) is 4. The van der Waals surface area contributed by atoms with E-state index in [4.69, 9.17) is 0 Å². The number of carbonyl (C=O) groups excluding carboxylic acids is 1. The minimum Gasteiger partial charge on any atom is -0.340 e. The first-order valence-electron chi connectivity index (χ1n) is 9.98. The summed E-state index contributed by atoms with van der Waals surface area (Å²) >= 11 is 0. The number of imidazole rings is 2. The summed E-state index contributed by atoms with van der Waals surface area (Å²) in [7, 11) is 1.89. The first-order chi connectivity index (χ1) is 14.0. The van der Waals surface area contributed by atoms with E-state index in [1.807, 2.05) is 57.1 Å². The summed E-state index contributed by atoms with van der Waals surface area (Å²) in [5.74, 6) is 2.13. The van der Waals surface area contributed by atoms with E-state index in [9.17, 15) is 9.59 Å². The zero-order chi connectivity index (χ0) is 20.1. The third kappa shape index (κ3) is 2.99. The molecule has 8 nitrogen and oxygen atoms in total. The molecule has 1 amide bonds. The van der Waals surface area contributed by atoms with E-state index in [1.54, 1.807) is 12.4 Å². The maximum atomic E-state index is 13.2. The topological polar surface area (TPSA) is 78.0 Å². The molecule has 0 N–H and O–H groups in total. The minimum atomic E-state index is 0.0142. The van der Waals surface area contributed by atoms with Crippen molar-refractivity contribution in [2.24, 2.45) is 13.0 Å². The van der Waals surface area contributed by atoms with Gasteiger partial charge in [0, 0.05) is 63.1 Å². The van der Waals surface area contributed by atoms with E-state index < -0.39 is 0 Å². The number of piperidine rings is 1. The molecule has 1 fully saturated rings. The first kappa shape index (κ1) is 17.9. The van der Waals surface area contributed by atoms with Crippen LogP contribution in [0, 0.1) is 12.8 Å². The highest BCUT2D eigenvalue weighted by Crippen LogP contribution is 2.35. The molecule has 0 radical (unpaired) electrons. The van der Waals surface area contributed by atoms with Crippen LogP contribution >= 0.6 is 0 Å². The molecule has 8 heteroatoms. The summed E-state index contributed by atoms with van der Waals surface area (Å²) in [4.78, 5) is 36.5. The maximum Gasteiger partial charge on any atom is 0.261 e. The van der Waals surface area contributed by atoms with Crippen LogP contribution in [0.25, 0.3) is 11.4 Å². The second-order valence-electron chi connectivity index (χ2n) is 8.15. The molecule has 150 valence electrons. The van der Waals surface area contributed by atoms with Crippen LogP contribution in [0.3, 0.4) is 0 Å². The fourth-order valence-corrected chi connectivity index (χ4v) is 4.76. The second kappa shape index (κ2) is 6.72. The number of pyridine rings is 1. The van der Waals surface area contributed by atoms with Crippen molar-refractivity contribution >= 4 is 5.91 Å². The highest BCUT2D eigenvalue weighted by molar-refractivity contribution is 5.76. The Kier molecular flexibility index (Phi) is 4.15. The molecule has 2 aliphatic rings. The normalized spacial score (nSPS) is 20.6. The highest BCUT2D eigenvalue weighted by atomic mass is 16.2. The summed E-state index contributed by atoms with van der Waals surface area (Å²) in [5, 5.41) is 0. The lowest BCUT2D eigenvalue weighted by molar-refractivity contribution is -0.134. The van der Waals surface area contributed by atoms with Crippen molar-refractivity contribution in [3.05, 3.63) is 58.8 Å². The van der Waals surface area contributed by atoms with Gasteiger partial charge in [-0.2, -0.15) is 0 Å². The largest absolute Gasteiger partial charge is 0.340 e. The van der Waals surface area contributed by atoms with Gasteiger partial charge in [-0.15, -0.1) is 0 Å². The Bertz CT molecular complexity index is 1140. The van der Waals surface area contributed by atoms with Gasteiger partial charge < -0.3 is 18.6 Å². The summed E-state index contributed by atoms with van der Waals surface area (Å²) < 4.78 is 5.65. The Morgan fingerprint density at radius 1 is 1.14 bits per heavy atom. The smallest absolute Gasteiger partial charge is 0.261 e. The Morgan fingerprint density at radius 3 is 2.69 bits per heavy atom. The van der Waals surface area contributed by atoms with Crippen molar-refractivity contribution in [3.63, 3.8) is 0 Å². The third-order valence-corrected chi connectivity index (χ3v) is 6.25. The van der Waals surface area contributed by atoms with Crippen LogP contribution in [0.4, 0.5) is 0 Å². The molecule has 0 unspecified atom stereocenters. The Morgan fingerprint density at radius 2 is 1.97 bits per heavy atom. The number of fused-ring (bicyclic) bond motifs is 4. The van der Waals surface area contributed by atoms with Gasteiger partial charge in [-0.3, -0.25) is 9.59 Å². The number of hydrogen-bond donors (Lipinski definition) is 0. The molecule has 5 heterocycles. The van der Waals surface area contributed by atoms with E-state index in [0.717, 1.165) is 17.9 Å². The van der Waals surface area contributed by atoms with Crippen molar-refractivity contribution < 1.29 is 4.79 Å². The van der Waals surface area contributed by atoms with Crippen molar-refractivity contribution in [1.29, 1.82) is 0 Å². The molecular formula is C21H24N6O2. The molecule has 0 aliphatic carbocycles. The number of carbonyl (C=O) groups is 1. The molecule has 2 aliphatic heterocycles. The number of likely N-dealkylation sites (tertiary alicyclic amines) is 1. The Hall–Kier alpha value is -3.16. The van der Waals surface area contributed by atoms with Gasteiger partial charge in [-0.25, -0.2) is 9.97 Å². The van der Waals surface area contributed by atoms with Gasteiger partial charge in [0.25, 0.3) is 5.56 Å². The first-order valence-corrected chi connectivity index (χ1v) is 9.98. The van der Waals surface area contributed by atoms with Crippen LogP contribution in [0.5, 0.6) is 0 Å². The molecular weight excluding hydrogens is 368 g/mol. The predicted octanol–water partition coefficient (Wildman–Crippen LogP) is 1.40. The van der Waals surface area contributed by atoms with Gasteiger partial charge in [-0.1, -0.05) is 0 Å². The van der Waals surface area contributed by atoms with Gasteiger partial charge in [0.15, 0.2) is 0 Å². The summed E-state index contributed by atoms with van der Waals surface area (Å²) in [6.45, 7) is 4.22. The van der Waals surface area contributed by atoms with E-state index in [1.165, 1.54) is 0 Å². The van der Waals surface area contributed by atoms with E-state index in [-0.39, 0.29) is 17.4 Å².